The molecule has 4 rings (SSSR count). The van der Waals surface area contributed by atoms with Crippen LogP contribution in [0.4, 0.5) is 13.2 Å². The zero-order valence-corrected chi connectivity index (χ0v) is 16.8. The highest BCUT2D eigenvalue weighted by Gasteiger charge is 2.37. The highest BCUT2D eigenvalue weighted by molar-refractivity contribution is 5.98. The molecule has 5 nitrogen and oxygen atoms in total. The number of ketones is 1. The zero-order chi connectivity index (χ0) is 22.0. The molecule has 1 aliphatic carbocycles. The maximum atomic E-state index is 13.3. The van der Waals surface area contributed by atoms with Gasteiger partial charge in [0, 0.05) is 31.0 Å². The van der Waals surface area contributed by atoms with Crippen LogP contribution < -0.4 is 9.47 Å². The molecule has 0 saturated heterocycles. The fraction of sp³-hybridized carbons (Fsp3) is 0.391. The molecule has 2 aromatic carbocycles. The average Bonchev–Trinajstić information content (AvgIpc) is 3.60. The SMILES string of the molecule is O=C(CCC(=O)N(Cc1ccccc1C(F)(F)F)C1CC1)c1ccc2c(c1)OCCO2. The normalized spacial score (nSPS) is 15.5. The second-order valence-corrected chi connectivity index (χ2v) is 7.69. The summed E-state index contributed by atoms with van der Waals surface area (Å²) >= 11 is 0. The van der Waals surface area contributed by atoms with Gasteiger partial charge in [-0.2, -0.15) is 13.2 Å². The molecule has 0 bridgehead atoms. The lowest BCUT2D eigenvalue weighted by Crippen LogP contribution is -2.33. The fourth-order valence-corrected chi connectivity index (χ4v) is 3.65. The van der Waals surface area contributed by atoms with E-state index >= 15 is 0 Å². The minimum atomic E-state index is -4.48. The van der Waals surface area contributed by atoms with Crippen LogP contribution in [0.5, 0.6) is 11.5 Å². The molecule has 0 radical (unpaired) electrons. The van der Waals surface area contributed by atoms with Crippen molar-refractivity contribution in [2.45, 2.75) is 44.4 Å². The van der Waals surface area contributed by atoms with Gasteiger partial charge in [0.2, 0.25) is 5.91 Å². The molecule has 1 saturated carbocycles. The lowest BCUT2D eigenvalue weighted by Gasteiger charge is -2.24. The van der Waals surface area contributed by atoms with Gasteiger partial charge in [-0.15, -0.1) is 0 Å². The molecule has 2 aliphatic rings. The Morgan fingerprint density at radius 2 is 1.68 bits per heavy atom. The number of nitrogens with zero attached hydrogens (tertiary/aromatic N) is 1. The van der Waals surface area contributed by atoms with Crippen LogP contribution >= 0.6 is 0 Å². The van der Waals surface area contributed by atoms with Crippen LogP contribution in [-0.2, 0) is 17.5 Å². The van der Waals surface area contributed by atoms with Crippen LogP contribution in [0.1, 0.15) is 47.2 Å². The molecule has 0 N–H and O–H groups in total. The molecule has 164 valence electrons. The number of Topliss-reactive ketones (excluding diaryl/α,β-unsaturated/α-hetero) is 1. The summed E-state index contributed by atoms with van der Waals surface area (Å²) in [6, 6.07) is 10.1. The van der Waals surface area contributed by atoms with E-state index in [4.69, 9.17) is 9.47 Å². The van der Waals surface area contributed by atoms with Gasteiger partial charge in [0.05, 0.1) is 5.56 Å². The minimum Gasteiger partial charge on any atom is -0.486 e. The summed E-state index contributed by atoms with van der Waals surface area (Å²) in [7, 11) is 0. The Labute approximate surface area is 177 Å². The molecule has 0 atom stereocenters. The number of carbonyl (C=O) groups is 2. The third kappa shape index (κ3) is 5.00. The van der Waals surface area contributed by atoms with Gasteiger partial charge >= 0.3 is 6.18 Å². The third-order valence-corrected chi connectivity index (χ3v) is 5.40. The molecule has 31 heavy (non-hydrogen) atoms. The van der Waals surface area contributed by atoms with Crippen molar-refractivity contribution in [3.63, 3.8) is 0 Å². The van der Waals surface area contributed by atoms with E-state index in [9.17, 15) is 22.8 Å². The van der Waals surface area contributed by atoms with Crippen LogP contribution in [0.2, 0.25) is 0 Å². The van der Waals surface area contributed by atoms with E-state index in [1.165, 1.54) is 23.1 Å². The molecular weight excluding hydrogens is 411 g/mol. The van der Waals surface area contributed by atoms with E-state index < -0.39 is 11.7 Å². The molecule has 0 unspecified atom stereocenters. The Kier molecular flexibility index (Phi) is 5.89. The number of alkyl halides is 3. The number of hydrogen-bond acceptors (Lipinski definition) is 4. The van der Waals surface area contributed by atoms with Crippen molar-refractivity contribution in [3.8, 4) is 11.5 Å². The average molecular weight is 433 g/mol. The highest BCUT2D eigenvalue weighted by atomic mass is 19.4. The Morgan fingerprint density at radius 3 is 2.39 bits per heavy atom. The molecule has 1 aliphatic heterocycles. The zero-order valence-electron chi connectivity index (χ0n) is 16.8. The predicted octanol–water partition coefficient (Wildman–Crippen LogP) is 4.63. The molecule has 1 fully saturated rings. The molecule has 2 aromatic rings. The van der Waals surface area contributed by atoms with E-state index in [2.05, 4.69) is 0 Å². The van der Waals surface area contributed by atoms with Crippen molar-refractivity contribution in [1.82, 2.24) is 4.90 Å². The number of amides is 1. The standard InChI is InChI=1S/C23H22F3NO4/c24-23(25,26)18-4-2-1-3-16(18)14-27(17-6-7-17)22(29)10-8-19(28)15-5-9-20-21(13-15)31-12-11-30-20/h1-5,9,13,17H,6-8,10-12,14H2. The van der Waals surface area contributed by atoms with Crippen LogP contribution in [0.3, 0.4) is 0 Å². The van der Waals surface area contributed by atoms with Crippen molar-refractivity contribution in [2.24, 2.45) is 0 Å². The first-order valence-electron chi connectivity index (χ1n) is 10.2. The first-order chi connectivity index (χ1) is 14.8. The Bertz CT molecular complexity index is 985. The van der Waals surface area contributed by atoms with Crippen LogP contribution in [0.15, 0.2) is 42.5 Å². The van der Waals surface area contributed by atoms with Crippen molar-refractivity contribution >= 4 is 11.7 Å². The van der Waals surface area contributed by atoms with E-state index in [0.29, 0.717) is 30.3 Å². The summed E-state index contributed by atoms with van der Waals surface area (Å²) in [6.45, 7) is 0.736. The predicted molar refractivity (Wildman–Crippen MR) is 106 cm³/mol. The number of benzene rings is 2. The summed E-state index contributed by atoms with van der Waals surface area (Å²) < 4.78 is 50.8. The van der Waals surface area contributed by atoms with E-state index in [1.807, 2.05) is 0 Å². The molecule has 1 amide bonds. The molecule has 0 aromatic heterocycles. The molecule has 0 spiro atoms. The smallest absolute Gasteiger partial charge is 0.416 e. The van der Waals surface area contributed by atoms with Gasteiger partial charge in [0.25, 0.3) is 0 Å². The van der Waals surface area contributed by atoms with Crippen molar-refractivity contribution in [1.29, 1.82) is 0 Å². The first kappa shape index (κ1) is 21.2. The van der Waals surface area contributed by atoms with Crippen molar-refractivity contribution in [3.05, 3.63) is 59.2 Å². The van der Waals surface area contributed by atoms with E-state index in [-0.39, 0.29) is 42.7 Å². The fourth-order valence-electron chi connectivity index (χ4n) is 3.65. The summed E-state index contributed by atoms with van der Waals surface area (Å²) in [4.78, 5) is 26.9. The van der Waals surface area contributed by atoms with Crippen LogP contribution in [0, 0.1) is 0 Å². The van der Waals surface area contributed by atoms with E-state index in [0.717, 1.165) is 18.9 Å². The third-order valence-electron chi connectivity index (χ3n) is 5.40. The number of fused-ring (bicyclic) bond motifs is 1. The van der Waals surface area contributed by atoms with Crippen LogP contribution in [0.25, 0.3) is 0 Å². The lowest BCUT2D eigenvalue weighted by atomic mass is 10.0. The minimum absolute atomic E-state index is 0.0252. The maximum Gasteiger partial charge on any atom is 0.416 e. The maximum absolute atomic E-state index is 13.3. The first-order valence-corrected chi connectivity index (χ1v) is 10.2. The number of halogens is 3. The molecule has 1 heterocycles. The Morgan fingerprint density at radius 1 is 0.968 bits per heavy atom. The van der Waals surface area contributed by atoms with Gasteiger partial charge in [0.1, 0.15) is 13.2 Å². The summed E-state index contributed by atoms with van der Waals surface area (Å²) in [5.74, 6) is 0.524. The van der Waals surface area contributed by atoms with Gasteiger partial charge < -0.3 is 14.4 Å². The molecular formula is C23H22F3NO4. The van der Waals surface area contributed by atoms with Gasteiger partial charge in [-0.1, -0.05) is 18.2 Å². The Balaban J connectivity index is 1.42. The number of hydrogen-bond donors (Lipinski definition) is 0. The van der Waals surface area contributed by atoms with Gasteiger partial charge in [-0.25, -0.2) is 0 Å². The monoisotopic (exact) mass is 433 g/mol. The number of rotatable bonds is 7. The number of carbonyl (C=O) groups excluding carboxylic acids is 2. The van der Waals surface area contributed by atoms with Crippen molar-refractivity contribution < 1.29 is 32.2 Å². The highest BCUT2D eigenvalue weighted by Crippen LogP contribution is 2.35. The van der Waals surface area contributed by atoms with Gasteiger partial charge in [-0.3, -0.25) is 9.59 Å². The Hall–Kier alpha value is -3.03. The summed E-state index contributed by atoms with van der Waals surface area (Å²) in [6.07, 6.45) is -3.05. The number of ether oxygens (including phenoxy) is 2. The summed E-state index contributed by atoms with van der Waals surface area (Å²) in [5, 5.41) is 0. The van der Waals surface area contributed by atoms with Gasteiger partial charge in [-0.05, 0) is 42.7 Å². The van der Waals surface area contributed by atoms with Gasteiger partial charge in [0.15, 0.2) is 17.3 Å². The quantitative estimate of drug-likeness (QED) is 0.598. The second kappa shape index (κ2) is 8.61. The molecule has 8 heteroatoms. The van der Waals surface area contributed by atoms with E-state index in [1.54, 1.807) is 18.2 Å². The topological polar surface area (TPSA) is 55.8 Å². The summed E-state index contributed by atoms with van der Waals surface area (Å²) in [5.41, 5.74) is -0.258. The van der Waals surface area contributed by atoms with Crippen molar-refractivity contribution in [2.75, 3.05) is 13.2 Å². The lowest BCUT2D eigenvalue weighted by molar-refractivity contribution is -0.140. The van der Waals surface area contributed by atoms with Crippen LogP contribution in [-0.4, -0.2) is 35.8 Å². The second-order valence-electron chi connectivity index (χ2n) is 7.69. The largest absolute Gasteiger partial charge is 0.486 e.